The summed E-state index contributed by atoms with van der Waals surface area (Å²) in [5, 5.41) is 0. The van der Waals surface area contributed by atoms with Gasteiger partial charge in [-0.1, -0.05) is 96.3 Å². The van der Waals surface area contributed by atoms with E-state index in [1.807, 2.05) is 0 Å². The van der Waals surface area contributed by atoms with Crippen LogP contribution in [-0.2, 0) is 9.47 Å². The van der Waals surface area contributed by atoms with Gasteiger partial charge in [0.2, 0.25) is 0 Å². The van der Waals surface area contributed by atoms with E-state index < -0.39 is 12.6 Å². The molecule has 1 fully saturated rings. The molecule has 0 saturated carbocycles. The van der Waals surface area contributed by atoms with Gasteiger partial charge in [-0.3, -0.25) is 0 Å². The maximum atomic E-state index is 12.0. The molecular weight excluding hydrogens is 401 g/mol. The zero-order chi connectivity index (χ0) is 22.5. The second kappa shape index (κ2) is 20.3. The summed E-state index contributed by atoms with van der Waals surface area (Å²) in [5.41, 5.74) is 0. The second-order valence-electron chi connectivity index (χ2n) is 9.44. The minimum atomic E-state index is -3.97. The average Bonchev–Trinajstić information content (AvgIpc) is 2.75. The van der Waals surface area contributed by atoms with E-state index in [2.05, 4.69) is 0 Å². The van der Waals surface area contributed by atoms with Crippen LogP contribution in [0.2, 0.25) is 0 Å². The molecule has 0 spiro atoms. The molecule has 0 aliphatic carbocycles. The molecule has 0 N–H and O–H groups in total. The Hall–Kier alpha value is -0.290. The number of ether oxygens (including phenoxy) is 2. The van der Waals surface area contributed by atoms with E-state index in [0.717, 1.165) is 45.5 Å². The number of halogens is 3. The Morgan fingerprint density at radius 3 is 1.48 bits per heavy atom. The molecule has 1 saturated heterocycles. The van der Waals surface area contributed by atoms with Gasteiger partial charge in [0.1, 0.15) is 0 Å². The molecule has 1 aliphatic rings. The molecule has 0 aromatic carbocycles. The third-order valence-electron chi connectivity index (χ3n) is 6.33. The Kier molecular flexibility index (Phi) is 18.8. The summed E-state index contributed by atoms with van der Waals surface area (Å²) in [6.07, 6.45) is 19.5. The van der Waals surface area contributed by atoms with E-state index >= 15 is 0 Å². The van der Waals surface area contributed by atoms with Crippen LogP contribution in [0.1, 0.15) is 135 Å². The van der Waals surface area contributed by atoms with Crippen molar-refractivity contribution in [2.45, 2.75) is 147 Å². The van der Waals surface area contributed by atoms with Crippen molar-refractivity contribution in [3.05, 3.63) is 0 Å². The maximum Gasteiger partial charge on any atom is 0.389 e. The Labute approximate surface area is 190 Å². The Balaban J connectivity index is 1.65. The van der Waals surface area contributed by atoms with Crippen LogP contribution in [0, 0.1) is 0 Å². The summed E-state index contributed by atoms with van der Waals surface area (Å²) >= 11 is 0. The third kappa shape index (κ3) is 21.3. The number of hydrogen-bond donors (Lipinski definition) is 0. The highest BCUT2D eigenvalue weighted by molar-refractivity contribution is 4.62. The van der Waals surface area contributed by atoms with Crippen LogP contribution >= 0.6 is 0 Å². The highest BCUT2D eigenvalue weighted by Gasteiger charge is 2.25. The lowest BCUT2D eigenvalue weighted by molar-refractivity contribution is -0.135. The molecule has 0 amide bonds. The summed E-state index contributed by atoms with van der Waals surface area (Å²) in [5.74, 6) is 0. The molecule has 1 unspecified atom stereocenters. The fourth-order valence-corrected chi connectivity index (χ4v) is 4.33. The second-order valence-corrected chi connectivity index (χ2v) is 9.44. The lowest BCUT2D eigenvalue weighted by Crippen LogP contribution is -2.24. The van der Waals surface area contributed by atoms with Crippen molar-refractivity contribution in [2.75, 3.05) is 19.8 Å². The maximum absolute atomic E-state index is 12.0. The SMILES string of the molecule is FC(F)(F)CCCCCCCCCCCCCCCCCCCOCC1CCCCO1. The van der Waals surface area contributed by atoms with Gasteiger partial charge in [-0.25, -0.2) is 0 Å². The first-order valence-electron chi connectivity index (χ1n) is 13.3. The molecule has 0 aromatic rings. The standard InChI is InChI=1S/C26H49F3O2/c27-26(28,29)21-17-14-12-10-8-6-4-2-1-3-5-7-9-11-13-15-18-22-30-24-25-20-16-19-23-31-25/h25H,1-24H2. The predicted octanol–water partition coefficient (Wildman–Crippen LogP) is 9.16. The van der Waals surface area contributed by atoms with Crippen LogP contribution in [0.4, 0.5) is 13.2 Å². The largest absolute Gasteiger partial charge is 0.389 e. The molecular formula is C26H49F3O2. The highest BCUT2D eigenvalue weighted by atomic mass is 19.4. The predicted molar refractivity (Wildman–Crippen MR) is 124 cm³/mol. The molecule has 1 heterocycles. The van der Waals surface area contributed by atoms with Crippen molar-refractivity contribution in [1.82, 2.24) is 0 Å². The van der Waals surface area contributed by atoms with Gasteiger partial charge in [-0.15, -0.1) is 0 Å². The Morgan fingerprint density at radius 2 is 1.06 bits per heavy atom. The summed E-state index contributed by atoms with van der Waals surface area (Å²) in [7, 11) is 0. The van der Waals surface area contributed by atoms with E-state index in [4.69, 9.17) is 9.47 Å². The van der Waals surface area contributed by atoms with E-state index in [9.17, 15) is 13.2 Å². The third-order valence-corrected chi connectivity index (χ3v) is 6.33. The van der Waals surface area contributed by atoms with Gasteiger partial charge >= 0.3 is 6.18 Å². The summed E-state index contributed by atoms with van der Waals surface area (Å²) in [6, 6.07) is 0. The van der Waals surface area contributed by atoms with Crippen molar-refractivity contribution in [3.8, 4) is 0 Å². The first-order valence-corrected chi connectivity index (χ1v) is 13.3. The van der Waals surface area contributed by atoms with Crippen LogP contribution in [0.15, 0.2) is 0 Å². The van der Waals surface area contributed by atoms with Crippen LogP contribution in [0.5, 0.6) is 0 Å². The normalized spacial score (nSPS) is 17.3. The van der Waals surface area contributed by atoms with Crippen LogP contribution in [0.25, 0.3) is 0 Å². The first-order chi connectivity index (χ1) is 15.1. The average molecular weight is 451 g/mol. The number of rotatable bonds is 21. The van der Waals surface area contributed by atoms with Gasteiger partial charge in [0.05, 0.1) is 12.7 Å². The Morgan fingerprint density at radius 1 is 0.613 bits per heavy atom. The van der Waals surface area contributed by atoms with E-state index in [1.165, 1.54) is 96.3 Å². The summed E-state index contributed by atoms with van der Waals surface area (Å²) in [6.45, 7) is 2.58. The quantitative estimate of drug-likeness (QED) is 0.162. The molecule has 2 nitrogen and oxygen atoms in total. The minimum Gasteiger partial charge on any atom is -0.379 e. The lowest BCUT2D eigenvalue weighted by Gasteiger charge is -2.22. The van der Waals surface area contributed by atoms with Crippen molar-refractivity contribution < 1.29 is 22.6 Å². The van der Waals surface area contributed by atoms with Crippen molar-refractivity contribution >= 4 is 0 Å². The van der Waals surface area contributed by atoms with Crippen molar-refractivity contribution in [1.29, 1.82) is 0 Å². The molecule has 1 atom stereocenters. The fourth-order valence-electron chi connectivity index (χ4n) is 4.33. The molecule has 1 aliphatic heterocycles. The fraction of sp³-hybridized carbons (Fsp3) is 1.00. The van der Waals surface area contributed by atoms with Gasteiger partial charge in [0.25, 0.3) is 0 Å². The molecule has 0 aromatic heterocycles. The highest BCUT2D eigenvalue weighted by Crippen LogP contribution is 2.23. The van der Waals surface area contributed by atoms with Crippen LogP contribution in [-0.4, -0.2) is 32.1 Å². The van der Waals surface area contributed by atoms with Gasteiger partial charge in [-0.2, -0.15) is 13.2 Å². The van der Waals surface area contributed by atoms with Crippen molar-refractivity contribution in [2.24, 2.45) is 0 Å². The zero-order valence-electron chi connectivity index (χ0n) is 20.0. The minimum absolute atomic E-state index is 0.300. The monoisotopic (exact) mass is 450 g/mol. The molecule has 0 bridgehead atoms. The molecule has 186 valence electrons. The van der Waals surface area contributed by atoms with Gasteiger partial charge in [0, 0.05) is 19.6 Å². The zero-order valence-corrected chi connectivity index (χ0v) is 20.0. The lowest BCUT2D eigenvalue weighted by atomic mass is 10.0. The molecule has 1 rings (SSSR count). The number of hydrogen-bond acceptors (Lipinski definition) is 2. The number of unbranched alkanes of at least 4 members (excludes halogenated alkanes) is 16. The first kappa shape index (κ1) is 28.7. The van der Waals surface area contributed by atoms with Crippen LogP contribution < -0.4 is 0 Å². The van der Waals surface area contributed by atoms with E-state index in [0.29, 0.717) is 12.5 Å². The molecule has 5 heteroatoms. The number of alkyl halides is 3. The van der Waals surface area contributed by atoms with E-state index in [1.54, 1.807) is 0 Å². The van der Waals surface area contributed by atoms with Gasteiger partial charge in [0.15, 0.2) is 0 Å². The molecule has 0 radical (unpaired) electrons. The molecule has 31 heavy (non-hydrogen) atoms. The summed E-state index contributed by atoms with van der Waals surface area (Å²) < 4.78 is 47.5. The van der Waals surface area contributed by atoms with Gasteiger partial charge < -0.3 is 9.47 Å². The van der Waals surface area contributed by atoms with Crippen LogP contribution in [0.3, 0.4) is 0 Å². The topological polar surface area (TPSA) is 18.5 Å². The van der Waals surface area contributed by atoms with Crippen molar-refractivity contribution in [3.63, 3.8) is 0 Å². The van der Waals surface area contributed by atoms with E-state index in [-0.39, 0.29) is 0 Å². The van der Waals surface area contributed by atoms with Gasteiger partial charge in [-0.05, 0) is 32.1 Å². The summed E-state index contributed by atoms with van der Waals surface area (Å²) in [4.78, 5) is 0. The Bertz CT molecular complexity index is 368. The smallest absolute Gasteiger partial charge is 0.379 e.